The predicted molar refractivity (Wildman–Crippen MR) is 75.4 cm³/mol. The minimum atomic E-state index is -4.02. The fraction of sp³-hybridized carbons (Fsp3) is 0.100. The maximum Gasteiger partial charge on any atom is 0.282 e. The number of sulfonamides is 1. The highest BCUT2D eigenvalue weighted by atomic mass is 35.5. The van der Waals surface area contributed by atoms with E-state index in [0.29, 0.717) is 0 Å². The molecule has 1 aromatic heterocycles. The van der Waals surface area contributed by atoms with Crippen LogP contribution in [0.4, 0.5) is 10.1 Å². The van der Waals surface area contributed by atoms with Crippen LogP contribution >= 0.6 is 34.8 Å². The highest BCUT2D eigenvalue weighted by Gasteiger charge is 2.23. The molecule has 0 amide bonds. The van der Waals surface area contributed by atoms with Gasteiger partial charge in [-0.25, -0.2) is 9.37 Å². The van der Waals surface area contributed by atoms with Crippen LogP contribution < -0.4 is 4.72 Å². The second kappa shape index (κ2) is 5.40. The second-order valence-corrected chi connectivity index (χ2v) is 6.58. The van der Waals surface area contributed by atoms with E-state index in [1.54, 1.807) is 7.05 Å². The molecule has 0 unspecified atom stereocenters. The molecule has 0 bridgehead atoms. The molecular formula is C10H7Cl3FN3O2S. The van der Waals surface area contributed by atoms with E-state index in [1.807, 2.05) is 0 Å². The Kier molecular flexibility index (Phi) is 4.15. The molecule has 5 nitrogen and oxygen atoms in total. The molecule has 0 spiro atoms. The van der Waals surface area contributed by atoms with Crippen LogP contribution in [0.5, 0.6) is 0 Å². The van der Waals surface area contributed by atoms with Crippen molar-refractivity contribution in [2.75, 3.05) is 4.72 Å². The number of nitrogens with one attached hydrogen (secondary N) is 1. The van der Waals surface area contributed by atoms with Crippen LogP contribution in [0.25, 0.3) is 0 Å². The van der Waals surface area contributed by atoms with Crippen LogP contribution in [0.15, 0.2) is 23.5 Å². The van der Waals surface area contributed by atoms with Gasteiger partial charge in [-0.05, 0) is 12.1 Å². The van der Waals surface area contributed by atoms with Crippen LogP contribution in [-0.2, 0) is 17.1 Å². The lowest BCUT2D eigenvalue weighted by Crippen LogP contribution is -2.14. The third-order valence-corrected chi connectivity index (χ3v) is 4.74. The summed E-state index contributed by atoms with van der Waals surface area (Å²) in [5, 5.41) is -1.01. The van der Waals surface area contributed by atoms with Crippen molar-refractivity contribution in [3.8, 4) is 0 Å². The number of aromatic nitrogens is 2. The Balaban J connectivity index is 2.41. The van der Waals surface area contributed by atoms with Gasteiger partial charge >= 0.3 is 0 Å². The third kappa shape index (κ3) is 2.85. The number of hydrogen-bond donors (Lipinski definition) is 1. The van der Waals surface area contributed by atoms with E-state index in [-0.39, 0.29) is 25.9 Å². The van der Waals surface area contributed by atoms with Crippen molar-refractivity contribution in [2.45, 2.75) is 5.03 Å². The zero-order chi connectivity index (χ0) is 15.1. The summed E-state index contributed by atoms with van der Waals surface area (Å²) in [6.45, 7) is 0. The summed E-state index contributed by atoms with van der Waals surface area (Å²) >= 11 is 17.0. The van der Waals surface area contributed by atoms with Crippen LogP contribution in [0.3, 0.4) is 0 Å². The Morgan fingerprint density at radius 3 is 2.25 bits per heavy atom. The van der Waals surface area contributed by atoms with E-state index < -0.39 is 15.8 Å². The van der Waals surface area contributed by atoms with Gasteiger partial charge in [-0.3, -0.25) is 4.72 Å². The Morgan fingerprint density at radius 1 is 1.25 bits per heavy atom. The van der Waals surface area contributed by atoms with Crippen LogP contribution in [-0.4, -0.2) is 18.0 Å². The average molecular weight is 359 g/mol. The van der Waals surface area contributed by atoms with Gasteiger partial charge in [0.2, 0.25) is 5.03 Å². The smallest absolute Gasteiger partial charge is 0.282 e. The summed E-state index contributed by atoms with van der Waals surface area (Å²) in [5.41, 5.74) is 0.00289. The number of nitrogens with zero attached hydrogens (tertiary/aromatic N) is 2. The lowest BCUT2D eigenvalue weighted by molar-refractivity contribution is 0.598. The highest BCUT2D eigenvalue weighted by Crippen LogP contribution is 2.29. The maximum absolute atomic E-state index is 13.3. The Morgan fingerprint density at radius 2 is 1.80 bits per heavy atom. The molecular weight excluding hydrogens is 352 g/mol. The van der Waals surface area contributed by atoms with Gasteiger partial charge in [0, 0.05) is 7.05 Å². The summed E-state index contributed by atoms with van der Waals surface area (Å²) < 4.78 is 40.9. The number of hydrogen-bond acceptors (Lipinski definition) is 3. The summed E-state index contributed by atoms with van der Waals surface area (Å²) in [7, 11) is -2.48. The Hall–Kier alpha value is -1.02. The summed E-state index contributed by atoms with van der Waals surface area (Å²) in [5.74, 6) is -0.827. The first kappa shape index (κ1) is 15.4. The van der Waals surface area contributed by atoms with Crippen LogP contribution in [0.1, 0.15) is 0 Å². The van der Waals surface area contributed by atoms with Crippen molar-refractivity contribution >= 4 is 50.5 Å². The van der Waals surface area contributed by atoms with Gasteiger partial charge in [-0.1, -0.05) is 34.8 Å². The molecule has 1 heterocycles. The zero-order valence-corrected chi connectivity index (χ0v) is 12.9. The fourth-order valence-corrected chi connectivity index (χ4v) is 3.35. The SMILES string of the molecule is Cn1cnc(S(=O)(=O)Nc2cc(Cl)c(F)c(Cl)c2)c1Cl. The number of aryl methyl sites for hydroxylation is 1. The van der Waals surface area contributed by atoms with E-state index in [1.165, 1.54) is 10.9 Å². The molecule has 108 valence electrons. The van der Waals surface area contributed by atoms with Gasteiger partial charge in [0.05, 0.1) is 22.1 Å². The second-order valence-electron chi connectivity index (χ2n) is 3.81. The fourth-order valence-electron chi connectivity index (χ4n) is 1.39. The molecule has 0 atom stereocenters. The van der Waals surface area contributed by atoms with Crippen LogP contribution in [0, 0.1) is 5.82 Å². The van der Waals surface area contributed by atoms with E-state index in [4.69, 9.17) is 34.8 Å². The van der Waals surface area contributed by atoms with Gasteiger partial charge < -0.3 is 4.57 Å². The Labute approximate surface area is 129 Å². The van der Waals surface area contributed by atoms with Crippen molar-refractivity contribution in [3.05, 3.63) is 39.5 Å². The minimum absolute atomic E-state index is 0.00289. The molecule has 2 rings (SSSR count). The predicted octanol–water partition coefficient (Wildman–Crippen LogP) is 3.32. The molecule has 0 saturated heterocycles. The molecule has 0 fully saturated rings. The molecule has 10 heteroatoms. The van der Waals surface area contributed by atoms with E-state index >= 15 is 0 Å². The first-order chi connectivity index (χ1) is 9.22. The van der Waals surface area contributed by atoms with E-state index in [0.717, 1.165) is 12.1 Å². The lowest BCUT2D eigenvalue weighted by Gasteiger charge is -2.08. The number of benzene rings is 1. The van der Waals surface area contributed by atoms with Crippen molar-refractivity contribution in [1.29, 1.82) is 0 Å². The van der Waals surface area contributed by atoms with Crippen molar-refractivity contribution in [3.63, 3.8) is 0 Å². The zero-order valence-electron chi connectivity index (χ0n) is 9.86. The number of rotatable bonds is 3. The number of anilines is 1. The third-order valence-electron chi connectivity index (χ3n) is 2.32. The lowest BCUT2D eigenvalue weighted by atomic mass is 10.3. The van der Waals surface area contributed by atoms with Gasteiger partial charge in [-0.2, -0.15) is 8.42 Å². The summed E-state index contributed by atoms with van der Waals surface area (Å²) in [6.07, 6.45) is 1.25. The van der Waals surface area contributed by atoms with Gasteiger partial charge in [0.25, 0.3) is 10.0 Å². The molecule has 1 aromatic carbocycles. The normalized spacial score (nSPS) is 11.7. The van der Waals surface area contributed by atoms with Crippen LogP contribution in [0.2, 0.25) is 15.2 Å². The van der Waals surface area contributed by atoms with Crippen molar-refractivity contribution < 1.29 is 12.8 Å². The average Bonchev–Trinajstić information content (AvgIpc) is 2.67. The molecule has 2 aromatic rings. The topological polar surface area (TPSA) is 64.0 Å². The Bertz CT molecular complexity index is 753. The van der Waals surface area contributed by atoms with Gasteiger partial charge in [-0.15, -0.1) is 0 Å². The largest absolute Gasteiger partial charge is 0.324 e. The molecule has 0 aliphatic carbocycles. The molecule has 0 aliphatic rings. The molecule has 0 aliphatic heterocycles. The minimum Gasteiger partial charge on any atom is -0.324 e. The first-order valence-electron chi connectivity index (χ1n) is 5.06. The molecule has 20 heavy (non-hydrogen) atoms. The van der Waals surface area contributed by atoms with E-state index in [9.17, 15) is 12.8 Å². The quantitative estimate of drug-likeness (QED) is 0.856. The van der Waals surface area contributed by atoms with E-state index in [2.05, 4.69) is 9.71 Å². The number of imidazole rings is 1. The molecule has 0 saturated carbocycles. The van der Waals surface area contributed by atoms with Crippen molar-refractivity contribution in [1.82, 2.24) is 9.55 Å². The summed E-state index contributed by atoms with van der Waals surface area (Å²) in [6, 6.07) is 2.19. The summed E-state index contributed by atoms with van der Waals surface area (Å²) in [4.78, 5) is 3.69. The standard InChI is InChI=1S/C10H7Cl3FN3O2S/c1-17-4-15-10(9(17)13)20(18,19)16-5-2-6(11)8(14)7(12)3-5/h2-4,16H,1H3. The molecule has 1 N–H and O–H groups in total. The highest BCUT2D eigenvalue weighted by molar-refractivity contribution is 7.92. The first-order valence-corrected chi connectivity index (χ1v) is 7.68. The number of halogens is 4. The monoisotopic (exact) mass is 357 g/mol. The maximum atomic E-state index is 13.3. The van der Waals surface area contributed by atoms with Gasteiger partial charge in [0.15, 0.2) is 5.82 Å². The molecule has 0 radical (unpaired) electrons. The van der Waals surface area contributed by atoms with Gasteiger partial charge in [0.1, 0.15) is 5.15 Å². The van der Waals surface area contributed by atoms with Crippen molar-refractivity contribution in [2.24, 2.45) is 7.05 Å².